The number of hydrogen-bond acceptors (Lipinski definition) is 2. The highest BCUT2D eigenvalue weighted by Gasteiger charge is 2.53. The third-order valence-corrected chi connectivity index (χ3v) is 4.87. The average Bonchev–Trinajstić information content (AvgIpc) is 3.16. The van der Waals surface area contributed by atoms with Crippen molar-refractivity contribution in [3.05, 3.63) is 0 Å². The number of nitrogens with one attached hydrogen (secondary N) is 2. The fourth-order valence-electron chi connectivity index (χ4n) is 3.36. The van der Waals surface area contributed by atoms with Gasteiger partial charge in [-0.25, -0.2) is 0 Å². The Bertz CT molecular complexity index is 223. The normalized spacial score (nSPS) is 33.4. The minimum atomic E-state index is 0.748. The third-order valence-electron chi connectivity index (χ3n) is 4.87. The zero-order valence-electron chi connectivity index (χ0n) is 10.4. The van der Waals surface area contributed by atoms with Gasteiger partial charge >= 0.3 is 0 Å². The van der Waals surface area contributed by atoms with Crippen LogP contribution in [0.3, 0.4) is 0 Å². The van der Waals surface area contributed by atoms with Gasteiger partial charge in [-0.1, -0.05) is 12.8 Å². The van der Waals surface area contributed by atoms with E-state index in [0.29, 0.717) is 0 Å². The summed E-state index contributed by atoms with van der Waals surface area (Å²) in [4.78, 5) is 0. The standard InChI is InChI=1S/C14H26N2/c1-2-4-13(16-9-3-1)10-15-11-14(7-8-14)12-5-6-12/h12-13,15-16H,1-11H2. The molecule has 1 atom stereocenters. The van der Waals surface area contributed by atoms with Crippen molar-refractivity contribution in [2.24, 2.45) is 11.3 Å². The Kier molecular flexibility index (Phi) is 3.21. The van der Waals surface area contributed by atoms with Gasteiger partial charge in [0.2, 0.25) is 0 Å². The lowest BCUT2D eigenvalue weighted by Crippen LogP contribution is -2.40. The lowest BCUT2D eigenvalue weighted by atomic mass is 10.0. The van der Waals surface area contributed by atoms with Gasteiger partial charge in [-0.3, -0.25) is 0 Å². The topological polar surface area (TPSA) is 24.1 Å². The van der Waals surface area contributed by atoms with Crippen molar-refractivity contribution >= 4 is 0 Å². The summed E-state index contributed by atoms with van der Waals surface area (Å²) in [7, 11) is 0. The van der Waals surface area contributed by atoms with Gasteiger partial charge in [-0.15, -0.1) is 0 Å². The molecule has 92 valence electrons. The van der Waals surface area contributed by atoms with Crippen LogP contribution in [-0.4, -0.2) is 25.7 Å². The van der Waals surface area contributed by atoms with Crippen LogP contribution in [0.1, 0.15) is 51.4 Å². The molecule has 0 bridgehead atoms. The molecule has 2 N–H and O–H groups in total. The first-order valence-corrected chi connectivity index (χ1v) is 7.33. The quantitative estimate of drug-likeness (QED) is 0.746. The second-order valence-corrected chi connectivity index (χ2v) is 6.27. The van der Waals surface area contributed by atoms with E-state index in [0.717, 1.165) is 17.4 Å². The zero-order chi connectivity index (χ0) is 10.8. The van der Waals surface area contributed by atoms with Crippen LogP contribution >= 0.6 is 0 Å². The Morgan fingerprint density at radius 1 is 1.06 bits per heavy atom. The number of hydrogen-bond donors (Lipinski definition) is 2. The molecular formula is C14H26N2. The molecule has 1 heterocycles. The predicted molar refractivity (Wildman–Crippen MR) is 67.5 cm³/mol. The predicted octanol–water partition coefficient (Wildman–Crippen LogP) is 2.30. The van der Waals surface area contributed by atoms with Crippen molar-refractivity contribution in [3.63, 3.8) is 0 Å². The van der Waals surface area contributed by atoms with E-state index in [2.05, 4.69) is 10.6 Å². The first kappa shape index (κ1) is 11.0. The molecule has 16 heavy (non-hydrogen) atoms. The molecule has 0 aromatic carbocycles. The summed E-state index contributed by atoms with van der Waals surface area (Å²) in [5, 5.41) is 7.42. The summed E-state index contributed by atoms with van der Waals surface area (Å²) in [5.74, 6) is 1.10. The molecule has 0 radical (unpaired) electrons. The highest BCUT2D eigenvalue weighted by Crippen LogP contribution is 2.60. The van der Waals surface area contributed by atoms with Crippen molar-refractivity contribution in [1.29, 1.82) is 0 Å². The maximum atomic E-state index is 3.74. The Labute approximate surface area is 99.6 Å². The molecule has 3 rings (SSSR count). The molecule has 1 saturated heterocycles. The molecule has 2 heteroatoms. The summed E-state index contributed by atoms with van der Waals surface area (Å²) >= 11 is 0. The zero-order valence-corrected chi connectivity index (χ0v) is 10.4. The molecular weight excluding hydrogens is 196 g/mol. The summed E-state index contributed by atoms with van der Waals surface area (Å²) in [6, 6.07) is 0.748. The maximum absolute atomic E-state index is 3.74. The lowest BCUT2D eigenvalue weighted by Gasteiger charge is -2.20. The van der Waals surface area contributed by atoms with E-state index in [4.69, 9.17) is 0 Å². The first-order valence-electron chi connectivity index (χ1n) is 7.33. The smallest absolute Gasteiger partial charge is 0.0192 e. The molecule has 0 spiro atoms. The summed E-state index contributed by atoms with van der Waals surface area (Å²) < 4.78 is 0. The van der Waals surface area contributed by atoms with E-state index < -0.39 is 0 Å². The molecule has 1 aliphatic heterocycles. The fraction of sp³-hybridized carbons (Fsp3) is 1.00. The molecule has 1 unspecified atom stereocenters. The SMILES string of the molecule is C1CCNC(CNCC2(C3CC3)CC2)CC1. The molecule has 0 amide bonds. The van der Waals surface area contributed by atoms with E-state index in [9.17, 15) is 0 Å². The average molecular weight is 222 g/mol. The van der Waals surface area contributed by atoms with Crippen LogP contribution in [0.25, 0.3) is 0 Å². The van der Waals surface area contributed by atoms with Gasteiger partial charge in [0.1, 0.15) is 0 Å². The van der Waals surface area contributed by atoms with E-state index in [-0.39, 0.29) is 0 Å². The highest BCUT2D eigenvalue weighted by atomic mass is 15.0. The Balaban J connectivity index is 1.36. The van der Waals surface area contributed by atoms with Crippen LogP contribution in [0, 0.1) is 11.3 Å². The van der Waals surface area contributed by atoms with Crippen LogP contribution in [0.4, 0.5) is 0 Å². The van der Waals surface area contributed by atoms with E-state index in [1.807, 2.05) is 0 Å². The second kappa shape index (κ2) is 4.66. The summed E-state index contributed by atoms with van der Waals surface area (Å²) in [6.07, 6.45) is 11.6. The van der Waals surface area contributed by atoms with Crippen LogP contribution in [0.15, 0.2) is 0 Å². The molecule has 0 aromatic heterocycles. The van der Waals surface area contributed by atoms with Crippen molar-refractivity contribution in [1.82, 2.24) is 10.6 Å². The van der Waals surface area contributed by atoms with Crippen LogP contribution in [0.2, 0.25) is 0 Å². The molecule has 2 aliphatic carbocycles. The van der Waals surface area contributed by atoms with E-state index in [1.165, 1.54) is 71.0 Å². The van der Waals surface area contributed by atoms with Crippen molar-refractivity contribution in [3.8, 4) is 0 Å². The molecule has 0 aromatic rings. The molecule has 3 fully saturated rings. The van der Waals surface area contributed by atoms with Crippen molar-refractivity contribution in [2.45, 2.75) is 57.4 Å². The van der Waals surface area contributed by atoms with Gasteiger partial charge in [0.25, 0.3) is 0 Å². The van der Waals surface area contributed by atoms with Gasteiger partial charge < -0.3 is 10.6 Å². The number of rotatable bonds is 5. The minimum absolute atomic E-state index is 0.748. The Morgan fingerprint density at radius 2 is 1.94 bits per heavy atom. The molecule has 2 nitrogen and oxygen atoms in total. The minimum Gasteiger partial charge on any atom is -0.315 e. The highest BCUT2D eigenvalue weighted by molar-refractivity contribution is 5.05. The van der Waals surface area contributed by atoms with E-state index >= 15 is 0 Å². The largest absolute Gasteiger partial charge is 0.315 e. The van der Waals surface area contributed by atoms with Gasteiger partial charge in [0.15, 0.2) is 0 Å². The summed E-state index contributed by atoms with van der Waals surface area (Å²) in [5.41, 5.74) is 0.769. The first-order chi connectivity index (χ1) is 7.89. The Morgan fingerprint density at radius 3 is 2.69 bits per heavy atom. The van der Waals surface area contributed by atoms with Gasteiger partial charge in [0.05, 0.1) is 0 Å². The fourth-order valence-corrected chi connectivity index (χ4v) is 3.36. The van der Waals surface area contributed by atoms with Crippen LogP contribution in [0.5, 0.6) is 0 Å². The maximum Gasteiger partial charge on any atom is 0.0192 e. The molecule has 3 aliphatic rings. The monoisotopic (exact) mass is 222 g/mol. The summed E-state index contributed by atoms with van der Waals surface area (Å²) in [6.45, 7) is 3.74. The third kappa shape index (κ3) is 2.60. The van der Waals surface area contributed by atoms with Crippen molar-refractivity contribution in [2.75, 3.05) is 19.6 Å². The van der Waals surface area contributed by atoms with Gasteiger partial charge in [0, 0.05) is 19.1 Å². The lowest BCUT2D eigenvalue weighted by molar-refractivity contribution is 0.379. The van der Waals surface area contributed by atoms with Gasteiger partial charge in [-0.05, 0) is 56.4 Å². The molecule has 2 saturated carbocycles. The van der Waals surface area contributed by atoms with E-state index in [1.54, 1.807) is 0 Å². The van der Waals surface area contributed by atoms with Gasteiger partial charge in [-0.2, -0.15) is 0 Å². The van der Waals surface area contributed by atoms with Crippen LogP contribution in [-0.2, 0) is 0 Å². The van der Waals surface area contributed by atoms with Crippen molar-refractivity contribution < 1.29 is 0 Å². The Hall–Kier alpha value is -0.0800. The van der Waals surface area contributed by atoms with Crippen LogP contribution < -0.4 is 10.6 Å². The second-order valence-electron chi connectivity index (χ2n) is 6.27.